The van der Waals surface area contributed by atoms with E-state index in [1.807, 2.05) is 0 Å². The Labute approximate surface area is 71.5 Å². The molecule has 2 rings (SSSR count). The summed E-state index contributed by atoms with van der Waals surface area (Å²) in [5.41, 5.74) is 2.80. The third-order valence-electron chi connectivity index (χ3n) is 2.26. The summed E-state index contributed by atoms with van der Waals surface area (Å²) in [7, 11) is 0. The fourth-order valence-electron chi connectivity index (χ4n) is 1.67. The van der Waals surface area contributed by atoms with E-state index in [4.69, 9.17) is 11.8 Å². The van der Waals surface area contributed by atoms with E-state index in [0.29, 0.717) is 6.04 Å². The van der Waals surface area contributed by atoms with Crippen molar-refractivity contribution in [2.75, 3.05) is 0 Å². The van der Waals surface area contributed by atoms with Crippen LogP contribution in [0.25, 0.3) is 0 Å². The van der Waals surface area contributed by atoms with Gasteiger partial charge in [-0.3, -0.25) is 0 Å². The molecule has 0 fully saturated rings. The Balaban J connectivity index is 2.39. The maximum Gasteiger partial charge on any atom is 0.0476 e. The SMILES string of the molecule is ClN[C@@H]1CCc2ccccc21. The highest BCUT2D eigenvalue weighted by molar-refractivity contribution is 6.13. The van der Waals surface area contributed by atoms with Gasteiger partial charge < -0.3 is 0 Å². The molecule has 1 atom stereocenters. The first-order valence-corrected chi connectivity index (χ1v) is 4.23. The van der Waals surface area contributed by atoms with Crippen molar-refractivity contribution < 1.29 is 0 Å². The number of hydrogen-bond donors (Lipinski definition) is 1. The Morgan fingerprint density at radius 1 is 1.36 bits per heavy atom. The van der Waals surface area contributed by atoms with Crippen molar-refractivity contribution in [3.63, 3.8) is 0 Å². The average molecular weight is 168 g/mol. The number of halogens is 1. The molecule has 11 heavy (non-hydrogen) atoms. The Morgan fingerprint density at radius 2 is 2.18 bits per heavy atom. The van der Waals surface area contributed by atoms with Crippen molar-refractivity contribution >= 4 is 11.8 Å². The summed E-state index contributed by atoms with van der Waals surface area (Å²) in [5.74, 6) is 0. The minimum Gasteiger partial charge on any atom is -0.226 e. The summed E-state index contributed by atoms with van der Waals surface area (Å²) in [6, 6.07) is 8.82. The third kappa shape index (κ3) is 1.15. The Morgan fingerprint density at radius 3 is 3.00 bits per heavy atom. The Bertz CT molecular complexity index is 259. The van der Waals surface area contributed by atoms with Gasteiger partial charge in [-0.2, -0.15) is 0 Å². The van der Waals surface area contributed by atoms with E-state index >= 15 is 0 Å². The molecule has 0 aromatic heterocycles. The first-order chi connectivity index (χ1) is 5.42. The highest BCUT2D eigenvalue weighted by Crippen LogP contribution is 2.30. The van der Waals surface area contributed by atoms with Gasteiger partial charge in [0.05, 0.1) is 0 Å². The van der Waals surface area contributed by atoms with Crippen LogP contribution in [0.4, 0.5) is 0 Å². The van der Waals surface area contributed by atoms with E-state index in [9.17, 15) is 0 Å². The quantitative estimate of drug-likeness (QED) is 0.634. The van der Waals surface area contributed by atoms with Crippen molar-refractivity contribution in [3.8, 4) is 0 Å². The van der Waals surface area contributed by atoms with Crippen LogP contribution in [0, 0.1) is 0 Å². The first kappa shape index (κ1) is 7.14. The van der Waals surface area contributed by atoms with Crippen molar-refractivity contribution in [1.82, 2.24) is 4.84 Å². The van der Waals surface area contributed by atoms with Gasteiger partial charge in [0.15, 0.2) is 0 Å². The van der Waals surface area contributed by atoms with Gasteiger partial charge in [-0.1, -0.05) is 24.3 Å². The number of benzene rings is 1. The predicted molar refractivity (Wildman–Crippen MR) is 46.5 cm³/mol. The van der Waals surface area contributed by atoms with Gasteiger partial charge >= 0.3 is 0 Å². The molecule has 0 saturated carbocycles. The molecule has 58 valence electrons. The van der Waals surface area contributed by atoms with Crippen LogP contribution >= 0.6 is 11.8 Å². The van der Waals surface area contributed by atoms with E-state index in [0.717, 1.165) is 12.8 Å². The number of rotatable bonds is 1. The van der Waals surface area contributed by atoms with Crippen molar-refractivity contribution in [3.05, 3.63) is 35.4 Å². The number of fused-ring (bicyclic) bond motifs is 1. The second-order valence-corrected chi connectivity index (χ2v) is 3.12. The molecule has 0 aliphatic heterocycles. The van der Waals surface area contributed by atoms with Gasteiger partial charge in [0.1, 0.15) is 0 Å². The fraction of sp³-hybridized carbons (Fsp3) is 0.333. The fourth-order valence-corrected chi connectivity index (χ4v) is 1.90. The van der Waals surface area contributed by atoms with E-state index < -0.39 is 0 Å². The summed E-state index contributed by atoms with van der Waals surface area (Å²) in [5, 5.41) is 0. The maximum absolute atomic E-state index is 5.59. The van der Waals surface area contributed by atoms with Crippen molar-refractivity contribution in [2.24, 2.45) is 0 Å². The van der Waals surface area contributed by atoms with Gasteiger partial charge in [-0.15, -0.1) is 0 Å². The lowest BCUT2D eigenvalue weighted by Gasteiger charge is -2.06. The van der Waals surface area contributed by atoms with E-state index in [-0.39, 0.29) is 0 Å². The lowest BCUT2D eigenvalue weighted by Crippen LogP contribution is -2.06. The molecule has 0 radical (unpaired) electrons. The molecule has 0 unspecified atom stereocenters. The molecule has 1 aromatic rings. The van der Waals surface area contributed by atoms with Crippen LogP contribution in [0.1, 0.15) is 23.6 Å². The first-order valence-electron chi connectivity index (χ1n) is 3.86. The molecule has 2 heteroatoms. The second-order valence-electron chi connectivity index (χ2n) is 2.90. The zero-order chi connectivity index (χ0) is 7.68. The molecule has 0 heterocycles. The summed E-state index contributed by atoms with van der Waals surface area (Å²) < 4.78 is 0. The van der Waals surface area contributed by atoms with Gasteiger partial charge in [0.25, 0.3) is 0 Å². The molecule has 0 amide bonds. The topological polar surface area (TPSA) is 12.0 Å². The average Bonchev–Trinajstić information content (AvgIpc) is 2.47. The monoisotopic (exact) mass is 167 g/mol. The van der Waals surface area contributed by atoms with Crippen LogP contribution < -0.4 is 4.84 Å². The molecule has 0 spiro atoms. The van der Waals surface area contributed by atoms with Gasteiger partial charge in [0, 0.05) is 6.04 Å². The summed E-state index contributed by atoms with van der Waals surface area (Å²) in [6.45, 7) is 0. The minimum atomic E-state index is 0.368. The van der Waals surface area contributed by atoms with Crippen LogP contribution in [0.5, 0.6) is 0 Å². The molecule has 1 aliphatic rings. The largest absolute Gasteiger partial charge is 0.226 e. The summed E-state index contributed by atoms with van der Waals surface area (Å²) in [4.78, 5) is 2.79. The lowest BCUT2D eigenvalue weighted by atomic mass is 10.1. The standard InChI is InChI=1S/C9H10ClN/c10-11-9-6-5-7-3-1-2-4-8(7)9/h1-4,9,11H,5-6H2/t9-/m1/s1. The van der Waals surface area contributed by atoms with Gasteiger partial charge in [0.2, 0.25) is 0 Å². The molecular weight excluding hydrogens is 158 g/mol. The van der Waals surface area contributed by atoms with Crippen LogP contribution in [0.15, 0.2) is 24.3 Å². The van der Waals surface area contributed by atoms with Crippen molar-refractivity contribution in [1.29, 1.82) is 0 Å². The van der Waals surface area contributed by atoms with Crippen molar-refractivity contribution in [2.45, 2.75) is 18.9 Å². The van der Waals surface area contributed by atoms with E-state index in [2.05, 4.69) is 29.1 Å². The maximum atomic E-state index is 5.59. The highest BCUT2D eigenvalue weighted by Gasteiger charge is 2.20. The molecule has 0 bridgehead atoms. The van der Waals surface area contributed by atoms with Crippen LogP contribution in [-0.2, 0) is 6.42 Å². The third-order valence-corrected chi connectivity index (χ3v) is 2.53. The number of aryl methyl sites for hydroxylation is 1. The minimum absolute atomic E-state index is 0.368. The number of nitrogens with one attached hydrogen (secondary N) is 1. The molecule has 1 N–H and O–H groups in total. The molecule has 0 saturated heterocycles. The zero-order valence-electron chi connectivity index (χ0n) is 6.18. The molecule has 1 aromatic carbocycles. The Kier molecular flexibility index (Phi) is 1.84. The van der Waals surface area contributed by atoms with Crippen LogP contribution in [0.3, 0.4) is 0 Å². The van der Waals surface area contributed by atoms with Crippen LogP contribution in [0.2, 0.25) is 0 Å². The smallest absolute Gasteiger partial charge is 0.0476 e. The molecular formula is C9H10ClN. The van der Waals surface area contributed by atoms with Crippen LogP contribution in [-0.4, -0.2) is 0 Å². The highest BCUT2D eigenvalue weighted by atomic mass is 35.5. The summed E-state index contributed by atoms with van der Waals surface area (Å²) in [6.07, 6.45) is 2.28. The lowest BCUT2D eigenvalue weighted by molar-refractivity contribution is 0.660. The normalized spacial score (nSPS) is 21.7. The van der Waals surface area contributed by atoms with E-state index in [1.54, 1.807) is 0 Å². The Hall–Kier alpha value is -0.530. The van der Waals surface area contributed by atoms with Gasteiger partial charge in [-0.05, 0) is 35.7 Å². The van der Waals surface area contributed by atoms with E-state index in [1.165, 1.54) is 11.1 Å². The summed E-state index contributed by atoms with van der Waals surface area (Å²) >= 11 is 5.59. The molecule has 1 nitrogen and oxygen atoms in total. The zero-order valence-corrected chi connectivity index (χ0v) is 6.93. The predicted octanol–water partition coefficient (Wildman–Crippen LogP) is 2.42. The molecule has 1 aliphatic carbocycles. The number of hydrogen-bond acceptors (Lipinski definition) is 1. The van der Waals surface area contributed by atoms with Gasteiger partial charge in [-0.25, -0.2) is 4.84 Å². The second kappa shape index (κ2) is 2.84.